The molecule has 0 aromatic carbocycles. The van der Waals surface area contributed by atoms with Crippen molar-refractivity contribution in [3.05, 3.63) is 28.8 Å². The second-order valence-electron chi connectivity index (χ2n) is 4.47. The fraction of sp³-hybridized carbons (Fsp3) is 0.417. The molecule has 0 bridgehead atoms. The lowest BCUT2D eigenvalue weighted by Crippen LogP contribution is -2.14. The summed E-state index contributed by atoms with van der Waals surface area (Å²) in [6.07, 6.45) is 0. The van der Waals surface area contributed by atoms with Crippen LogP contribution in [0.3, 0.4) is 0 Å². The van der Waals surface area contributed by atoms with Crippen molar-refractivity contribution in [1.29, 1.82) is 0 Å². The third-order valence-electron chi connectivity index (χ3n) is 2.87. The van der Waals surface area contributed by atoms with E-state index in [9.17, 15) is 0 Å². The highest BCUT2D eigenvalue weighted by Crippen LogP contribution is 2.24. The van der Waals surface area contributed by atoms with Crippen molar-refractivity contribution < 1.29 is 4.52 Å². The number of aromatic nitrogens is 3. The van der Waals surface area contributed by atoms with Crippen LogP contribution in [-0.2, 0) is 0 Å². The summed E-state index contributed by atoms with van der Waals surface area (Å²) in [7, 11) is 0. The summed E-state index contributed by atoms with van der Waals surface area (Å²) in [4.78, 5) is 8.39. The summed E-state index contributed by atoms with van der Waals surface area (Å²) in [5.41, 5.74) is 5.19. The monoisotopic (exact) mass is 262 g/mol. The maximum Gasteiger partial charge on any atom is 0.239 e. The first kappa shape index (κ1) is 13.3. The number of aryl methyl sites for hydroxylation is 3. The van der Waals surface area contributed by atoms with Gasteiger partial charge < -0.3 is 9.84 Å². The van der Waals surface area contributed by atoms with Crippen molar-refractivity contribution in [1.82, 2.24) is 15.1 Å². The van der Waals surface area contributed by atoms with Crippen LogP contribution in [0, 0.1) is 20.8 Å². The second kappa shape index (κ2) is 5.23. The lowest BCUT2D eigenvalue weighted by Gasteiger charge is -2.15. The van der Waals surface area contributed by atoms with Gasteiger partial charge in [-0.15, -0.1) is 0 Å². The van der Waals surface area contributed by atoms with Crippen LogP contribution in [0.25, 0.3) is 0 Å². The van der Waals surface area contributed by atoms with Crippen LogP contribution < -0.4 is 16.6 Å². The highest BCUT2D eigenvalue weighted by Gasteiger charge is 2.17. The molecule has 2 heterocycles. The zero-order valence-electron chi connectivity index (χ0n) is 11.5. The molecule has 0 aliphatic heterocycles. The second-order valence-corrected chi connectivity index (χ2v) is 4.47. The summed E-state index contributed by atoms with van der Waals surface area (Å²) in [5, 5.41) is 7.24. The minimum Gasteiger partial charge on any atom is -0.363 e. The van der Waals surface area contributed by atoms with E-state index in [0.717, 1.165) is 22.7 Å². The molecule has 0 amide bonds. The molecule has 0 saturated heterocycles. The van der Waals surface area contributed by atoms with Gasteiger partial charge in [0.25, 0.3) is 0 Å². The first-order valence-corrected chi connectivity index (χ1v) is 6.03. The summed E-state index contributed by atoms with van der Waals surface area (Å²) >= 11 is 0. The van der Waals surface area contributed by atoms with E-state index in [4.69, 9.17) is 10.4 Å². The molecule has 102 valence electrons. The molecule has 7 nitrogen and oxygen atoms in total. The van der Waals surface area contributed by atoms with Crippen molar-refractivity contribution in [2.45, 2.75) is 33.7 Å². The summed E-state index contributed by atoms with van der Waals surface area (Å²) < 4.78 is 5.17. The van der Waals surface area contributed by atoms with E-state index >= 15 is 0 Å². The first-order valence-electron chi connectivity index (χ1n) is 6.03. The highest BCUT2D eigenvalue weighted by molar-refractivity contribution is 5.44. The molecule has 0 fully saturated rings. The van der Waals surface area contributed by atoms with Gasteiger partial charge in [0.2, 0.25) is 5.95 Å². The summed E-state index contributed by atoms with van der Waals surface area (Å²) in [5.74, 6) is 7.22. The van der Waals surface area contributed by atoms with Gasteiger partial charge in [-0.3, -0.25) is 5.43 Å². The fourth-order valence-corrected chi connectivity index (χ4v) is 2.11. The van der Waals surface area contributed by atoms with Crippen molar-refractivity contribution in [3.63, 3.8) is 0 Å². The van der Waals surface area contributed by atoms with E-state index in [0.29, 0.717) is 11.8 Å². The Hall–Kier alpha value is -2.15. The Morgan fingerprint density at radius 2 is 2.00 bits per heavy atom. The fourth-order valence-electron chi connectivity index (χ4n) is 2.11. The Morgan fingerprint density at radius 3 is 2.58 bits per heavy atom. The molecule has 0 aliphatic rings. The molecule has 2 aromatic rings. The van der Waals surface area contributed by atoms with Crippen molar-refractivity contribution >= 4 is 11.8 Å². The Kier molecular flexibility index (Phi) is 3.66. The number of nitrogens with zero attached hydrogens (tertiary/aromatic N) is 3. The van der Waals surface area contributed by atoms with Gasteiger partial charge in [0, 0.05) is 17.3 Å². The molecule has 0 spiro atoms. The van der Waals surface area contributed by atoms with Gasteiger partial charge in [-0.2, -0.15) is 4.98 Å². The van der Waals surface area contributed by atoms with Crippen LogP contribution in [0.1, 0.15) is 35.7 Å². The van der Waals surface area contributed by atoms with E-state index in [2.05, 4.69) is 25.9 Å². The van der Waals surface area contributed by atoms with Crippen molar-refractivity contribution in [2.75, 3.05) is 10.7 Å². The Morgan fingerprint density at radius 1 is 1.26 bits per heavy atom. The number of hydrogen-bond acceptors (Lipinski definition) is 7. The maximum absolute atomic E-state index is 5.33. The van der Waals surface area contributed by atoms with Gasteiger partial charge in [-0.1, -0.05) is 5.16 Å². The molecule has 0 radical (unpaired) electrons. The lowest BCUT2D eigenvalue weighted by molar-refractivity contribution is 0.392. The summed E-state index contributed by atoms with van der Waals surface area (Å²) in [6, 6.07) is 1.89. The van der Waals surface area contributed by atoms with E-state index < -0.39 is 0 Å². The minimum atomic E-state index is 0.0335. The molecule has 0 saturated carbocycles. The number of nitrogens with one attached hydrogen (secondary N) is 2. The van der Waals surface area contributed by atoms with Gasteiger partial charge in [-0.05, 0) is 27.7 Å². The number of nitrogen functional groups attached to an aromatic ring is 1. The lowest BCUT2D eigenvalue weighted by atomic mass is 10.1. The van der Waals surface area contributed by atoms with Gasteiger partial charge in [-0.25, -0.2) is 10.8 Å². The number of hydrogen-bond donors (Lipinski definition) is 3. The van der Waals surface area contributed by atoms with Crippen LogP contribution in [0.2, 0.25) is 0 Å². The molecular formula is C12H18N6O. The molecule has 2 rings (SSSR count). The number of hydrazine groups is 1. The molecular weight excluding hydrogens is 244 g/mol. The van der Waals surface area contributed by atoms with Crippen LogP contribution in [0.4, 0.5) is 11.8 Å². The van der Waals surface area contributed by atoms with Crippen molar-refractivity contribution in [2.24, 2.45) is 5.84 Å². The van der Waals surface area contributed by atoms with E-state index in [-0.39, 0.29) is 6.04 Å². The van der Waals surface area contributed by atoms with Gasteiger partial charge >= 0.3 is 0 Å². The normalized spacial score (nSPS) is 12.3. The highest BCUT2D eigenvalue weighted by atomic mass is 16.5. The number of nitrogens with two attached hydrogens (primary N) is 1. The minimum absolute atomic E-state index is 0.0335. The Bertz CT molecular complexity index is 560. The van der Waals surface area contributed by atoms with Gasteiger partial charge in [0.15, 0.2) is 0 Å². The summed E-state index contributed by atoms with van der Waals surface area (Å²) in [6.45, 7) is 7.72. The van der Waals surface area contributed by atoms with Crippen molar-refractivity contribution in [3.8, 4) is 0 Å². The smallest absolute Gasteiger partial charge is 0.239 e. The molecule has 7 heteroatoms. The zero-order chi connectivity index (χ0) is 14.0. The van der Waals surface area contributed by atoms with Gasteiger partial charge in [0.1, 0.15) is 11.6 Å². The average Bonchev–Trinajstić information content (AvgIpc) is 2.68. The van der Waals surface area contributed by atoms with Crippen LogP contribution in [0.15, 0.2) is 10.6 Å². The quantitative estimate of drug-likeness (QED) is 0.570. The third kappa shape index (κ3) is 2.82. The standard InChI is InChI=1S/C12H18N6O/c1-6-5-10(16-12(14-6)17-13)15-7(2)11-8(3)18-19-9(11)4/h5,7H,13H2,1-4H3,(H2,14,15,16,17). The van der Waals surface area contributed by atoms with Gasteiger partial charge in [0.05, 0.1) is 11.7 Å². The predicted octanol–water partition coefficient (Wildman–Crippen LogP) is 1.85. The number of rotatable bonds is 4. The SMILES string of the molecule is Cc1cc(NC(C)c2c(C)noc2C)nc(NN)n1. The number of anilines is 2. The van der Waals surface area contributed by atoms with E-state index in [1.807, 2.05) is 33.8 Å². The molecule has 1 atom stereocenters. The Balaban J connectivity index is 2.24. The van der Waals surface area contributed by atoms with Crippen LogP contribution in [-0.4, -0.2) is 15.1 Å². The predicted molar refractivity (Wildman–Crippen MR) is 72.6 cm³/mol. The molecule has 2 aromatic heterocycles. The maximum atomic E-state index is 5.33. The topological polar surface area (TPSA) is 102 Å². The molecule has 0 aliphatic carbocycles. The Labute approximate surface area is 111 Å². The third-order valence-corrected chi connectivity index (χ3v) is 2.87. The molecule has 1 unspecified atom stereocenters. The first-order chi connectivity index (χ1) is 9.01. The van der Waals surface area contributed by atoms with E-state index in [1.54, 1.807) is 0 Å². The van der Waals surface area contributed by atoms with Crippen LogP contribution >= 0.6 is 0 Å². The van der Waals surface area contributed by atoms with Crippen LogP contribution in [0.5, 0.6) is 0 Å². The average molecular weight is 262 g/mol. The van der Waals surface area contributed by atoms with E-state index in [1.165, 1.54) is 0 Å². The molecule has 19 heavy (non-hydrogen) atoms. The zero-order valence-corrected chi connectivity index (χ0v) is 11.5. The largest absolute Gasteiger partial charge is 0.363 e. The molecule has 4 N–H and O–H groups in total.